The number of nitriles is 1. The number of hydrogen-bond donors (Lipinski definition) is 0. The molecule has 2 aromatic rings. The molecule has 1 saturated heterocycles. The lowest BCUT2D eigenvalue weighted by Gasteiger charge is -2.15. The molecule has 0 N–H and O–H groups in total. The standard InChI is InChI=1S/C21H24N4O2S/c1-21(2,3)18-12-25(11-16-8-6-10-27-16)20(28-18)24-19(23-14-22)17-9-5-4-7-15(17)13-26/h4-5,7,9,12-13,16H,6,8,10-11H2,1-3H3/b23-19+,24-20-/t16-/m1/s1. The summed E-state index contributed by atoms with van der Waals surface area (Å²) in [4.78, 5) is 22.0. The van der Waals surface area contributed by atoms with E-state index < -0.39 is 0 Å². The van der Waals surface area contributed by atoms with E-state index in [9.17, 15) is 4.79 Å². The van der Waals surface area contributed by atoms with Gasteiger partial charge in [-0.15, -0.1) is 11.3 Å². The van der Waals surface area contributed by atoms with Crippen LogP contribution in [0.5, 0.6) is 0 Å². The van der Waals surface area contributed by atoms with Gasteiger partial charge in [-0.05, 0) is 18.3 Å². The van der Waals surface area contributed by atoms with Gasteiger partial charge >= 0.3 is 0 Å². The Hall–Kier alpha value is -2.56. The van der Waals surface area contributed by atoms with E-state index in [1.807, 2.05) is 6.19 Å². The first-order valence-corrected chi connectivity index (χ1v) is 10.1. The highest BCUT2D eigenvalue weighted by atomic mass is 32.1. The van der Waals surface area contributed by atoms with Gasteiger partial charge in [0, 0.05) is 28.8 Å². The number of nitrogens with zero attached hydrogens (tertiary/aromatic N) is 4. The number of aliphatic imine (C=N–C) groups is 1. The van der Waals surface area contributed by atoms with Crippen molar-refractivity contribution in [2.24, 2.45) is 9.98 Å². The summed E-state index contributed by atoms with van der Waals surface area (Å²) in [6.45, 7) is 7.98. The number of ether oxygens (including phenoxy) is 1. The first kappa shape index (κ1) is 20.2. The maximum atomic E-state index is 11.4. The van der Waals surface area contributed by atoms with Crippen LogP contribution in [0.25, 0.3) is 0 Å². The minimum atomic E-state index is -0.0239. The second-order valence-electron chi connectivity index (χ2n) is 7.77. The van der Waals surface area contributed by atoms with E-state index in [1.54, 1.807) is 35.6 Å². The fourth-order valence-electron chi connectivity index (χ4n) is 3.04. The van der Waals surface area contributed by atoms with Crippen LogP contribution >= 0.6 is 11.3 Å². The number of carbonyl (C=O) groups excluding carboxylic acids is 1. The van der Waals surface area contributed by atoms with E-state index in [4.69, 9.17) is 15.0 Å². The number of thiazole rings is 1. The second kappa shape index (κ2) is 8.63. The highest BCUT2D eigenvalue weighted by molar-refractivity contribution is 7.09. The van der Waals surface area contributed by atoms with E-state index in [0.717, 1.165) is 30.5 Å². The molecule has 0 amide bonds. The number of hydrogen-bond acceptors (Lipinski definition) is 5. The summed E-state index contributed by atoms with van der Waals surface area (Å²) < 4.78 is 7.87. The lowest BCUT2D eigenvalue weighted by atomic mass is 9.95. The zero-order valence-electron chi connectivity index (χ0n) is 16.4. The smallest absolute Gasteiger partial charge is 0.207 e. The molecule has 146 valence electrons. The highest BCUT2D eigenvalue weighted by Gasteiger charge is 2.21. The molecule has 7 heteroatoms. The Morgan fingerprint density at radius 3 is 2.86 bits per heavy atom. The molecule has 6 nitrogen and oxygen atoms in total. The zero-order valence-corrected chi connectivity index (χ0v) is 17.2. The van der Waals surface area contributed by atoms with Gasteiger partial charge in [0.25, 0.3) is 0 Å². The average molecular weight is 397 g/mol. The third-order valence-electron chi connectivity index (χ3n) is 4.57. The number of rotatable bonds is 4. The number of amidine groups is 1. The van der Waals surface area contributed by atoms with Crippen LogP contribution in [-0.2, 0) is 16.7 Å². The van der Waals surface area contributed by atoms with Crippen LogP contribution in [0.1, 0.15) is 54.4 Å². The van der Waals surface area contributed by atoms with Crippen molar-refractivity contribution >= 4 is 23.5 Å². The summed E-state index contributed by atoms with van der Waals surface area (Å²) in [6, 6.07) is 7.03. The summed E-state index contributed by atoms with van der Waals surface area (Å²) in [7, 11) is 0. The van der Waals surface area contributed by atoms with Crippen molar-refractivity contribution in [3.63, 3.8) is 0 Å². The Labute approximate surface area is 168 Å². The monoisotopic (exact) mass is 396 g/mol. The van der Waals surface area contributed by atoms with Crippen LogP contribution in [0, 0.1) is 11.5 Å². The molecule has 1 fully saturated rings. The number of aldehydes is 1. The lowest BCUT2D eigenvalue weighted by Crippen LogP contribution is -2.23. The van der Waals surface area contributed by atoms with Crippen LogP contribution in [0.2, 0.25) is 0 Å². The number of carbonyl (C=O) groups is 1. The van der Waals surface area contributed by atoms with Gasteiger partial charge in [0.05, 0.1) is 12.6 Å². The molecule has 3 rings (SSSR count). The summed E-state index contributed by atoms with van der Waals surface area (Å²) in [5.41, 5.74) is 0.983. The van der Waals surface area contributed by atoms with Gasteiger partial charge in [-0.1, -0.05) is 45.0 Å². The Kier molecular flexibility index (Phi) is 6.22. The normalized spacial score (nSPS) is 18.3. The van der Waals surface area contributed by atoms with Crippen molar-refractivity contribution in [1.82, 2.24) is 4.57 Å². The molecule has 0 spiro atoms. The van der Waals surface area contributed by atoms with Gasteiger partial charge in [0.2, 0.25) is 6.19 Å². The maximum Gasteiger partial charge on any atom is 0.207 e. The van der Waals surface area contributed by atoms with E-state index in [-0.39, 0.29) is 17.4 Å². The van der Waals surface area contributed by atoms with Gasteiger partial charge in [0.1, 0.15) is 0 Å². The van der Waals surface area contributed by atoms with Gasteiger partial charge < -0.3 is 9.30 Å². The number of aromatic nitrogens is 1. The largest absolute Gasteiger partial charge is 0.376 e. The van der Waals surface area contributed by atoms with Crippen molar-refractivity contribution < 1.29 is 9.53 Å². The van der Waals surface area contributed by atoms with Crippen LogP contribution in [-0.4, -0.2) is 29.4 Å². The predicted octanol–water partition coefficient (Wildman–Crippen LogP) is 3.67. The molecule has 0 saturated carbocycles. The van der Waals surface area contributed by atoms with Crippen molar-refractivity contribution in [2.75, 3.05) is 6.61 Å². The summed E-state index contributed by atoms with van der Waals surface area (Å²) in [6.07, 6.45) is 6.95. The molecule has 0 radical (unpaired) electrons. The van der Waals surface area contributed by atoms with Gasteiger partial charge in [-0.2, -0.15) is 15.2 Å². The minimum absolute atomic E-state index is 0.0239. The maximum absolute atomic E-state index is 11.4. The molecule has 1 aromatic carbocycles. The summed E-state index contributed by atoms with van der Waals surface area (Å²) in [5, 5.41) is 9.16. The molecule has 1 aliphatic rings. The lowest BCUT2D eigenvalue weighted by molar-refractivity contribution is 0.0963. The Morgan fingerprint density at radius 1 is 1.43 bits per heavy atom. The molecule has 1 aliphatic heterocycles. The van der Waals surface area contributed by atoms with E-state index >= 15 is 0 Å². The van der Waals surface area contributed by atoms with Gasteiger partial charge in [-0.25, -0.2) is 0 Å². The van der Waals surface area contributed by atoms with Crippen LogP contribution in [0.15, 0.2) is 40.4 Å². The number of benzene rings is 1. The molecule has 2 heterocycles. The summed E-state index contributed by atoms with van der Waals surface area (Å²) in [5.74, 6) is 0.244. The first-order chi connectivity index (χ1) is 13.4. The third-order valence-corrected chi connectivity index (χ3v) is 6.02. The quantitative estimate of drug-likeness (QED) is 0.342. The van der Waals surface area contributed by atoms with Gasteiger partial charge in [-0.3, -0.25) is 4.79 Å². The van der Waals surface area contributed by atoms with Crippen molar-refractivity contribution in [3.05, 3.63) is 51.3 Å². The molecule has 1 aromatic heterocycles. The van der Waals surface area contributed by atoms with Crippen molar-refractivity contribution in [2.45, 2.75) is 51.7 Å². The van der Waals surface area contributed by atoms with Crippen LogP contribution in [0.4, 0.5) is 0 Å². The predicted molar refractivity (Wildman–Crippen MR) is 110 cm³/mol. The first-order valence-electron chi connectivity index (χ1n) is 9.31. The second-order valence-corrected chi connectivity index (χ2v) is 8.78. The SMILES string of the molecule is CC(C)(C)c1cn(C[C@H]2CCCO2)/c(=N/C(=N/C#N)c2ccccc2C=O)s1. The molecular formula is C21H24N4O2S. The van der Waals surface area contributed by atoms with E-state index in [2.05, 4.69) is 36.5 Å². The Balaban J connectivity index is 2.11. The highest BCUT2D eigenvalue weighted by Crippen LogP contribution is 2.25. The molecule has 0 unspecified atom stereocenters. The van der Waals surface area contributed by atoms with Crippen LogP contribution in [0.3, 0.4) is 0 Å². The fourth-order valence-corrected chi connectivity index (χ4v) is 4.10. The molecule has 28 heavy (non-hydrogen) atoms. The Morgan fingerprint density at radius 2 is 2.21 bits per heavy atom. The van der Waals surface area contributed by atoms with Crippen LogP contribution < -0.4 is 4.80 Å². The minimum Gasteiger partial charge on any atom is -0.376 e. The van der Waals surface area contributed by atoms with E-state index in [0.29, 0.717) is 17.7 Å². The Bertz CT molecular complexity index is 983. The molecular weight excluding hydrogens is 372 g/mol. The molecule has 0 aliphatic carbocycles. The fraction of sp³-hybridized carbons (Fsp3) is 0.429. The third kappa shape index (κ3) is 4.64. The topological polar surface area (TPSA) is 79.7 Å². The molecule has 0 bridgehead atoms. The van der Waals surface area contributed by atoms with Crippen molar-refractivity contribution in [3.8, 4) is 6.19 Å². The average Bonchev–Trinajstić information content (AvgIpc) is 3.32. The van der Waals surface area contributed by atoms with E-state index in [1.165, 1.54) is 4.88 Å². The van der Waals surface area contributed by atoms with Crippen molar-refractivity contribution in [1.29, 1.82) is 5.26 Å². The van der Waals surface area contributed by atoms with Gasteiger partial charge in [0.15, 0.2) is 16.9 Å². The summed E-state index contributed by atoms with van der Waals surface area (Å²) >= 11 is 1.57. The molecule has 1 atom stereocenters. The zero-order chi connectivity index (χ0) is 20.1.